The fourth-order valence-electron chi connectivity index (χ4n) is 3.12. The van der Waals surface area contributed by atoms with Crippen LogP contribution < -0.4 is 10.6 Å². The predicted molar refractivity (Wildman–Crippen MR) is 129 cm³/mol. The lowest BCUT2D eigenvalue weighted by molar-refractivity contribution is -0.113. The van der Waals surface area contributed by atoms with Crippen molar-refractivity contribution in [3.05, 3.63) is 69.0 Å². The maximum atomic E-state index is 12.5. The molecule has 2 aromatic carbocycles. The van der Waals surface area contributed by atoms with Crippen LogP contribution in [0, 0.1) is 13.8 Å². The van der Waals surface area contributed by atoms with Gasteiger partial charge in [-0.1, -0.05) is 53.2 Å². The second-order valence-electron chi connectivity index (χ2n) is 7.05. The second-order valence-corrected chi connectivity index (χ2v) is 8.84. The zero-order valence-electron chi connectivity index (χ0n) is 17.9. The molecule has 0 bridgehead atoms. The van der Waals surface area contributed by atoms with Crippen LogP contribution in [-0.4, -0.2) is 32.3 Å². The molecule has 2 amide bonds. The quantitative estimate of drug-likeness (QED) is 0.438. The minimum absolute atomic E-state index is 0.120. The summed E-state index contributed by atoms with van der Waals surface area (Å²) in [5, 5.41) is 15.5. The van der Waals surface area contributed by atoms with E-state index >= 15 is 0 Å². The van der Waals surface area contributed by atoms with E-state index in [-0.39, 0.29) is 29.1 Å². The molecule has 7 nitrogen and oxygen atoms in total. The molecule has 0 radical (unpaired) electrons. The Balaban J connectivity index is 1.60. The number of hydrogen-bond donors (Lipinski definition) is 2. The standard InChI is InChI=1S/C22H23Cl2N5O2S/c1-4-29-18(11-25-21(31)16-9-8-15(23)10-17(16)24)27-28-22(29)32-12-19(30)26-20-13(2)6-5-7-14(20)3/h5-10H,4,11-12H2,1-3H3,(H,25,31)(H,26,30). The van der Waals surface area contributed by atoms with Crippen molar-refractivity contribution < 1.29 is 9.59 Å². The third-order valence-electron chi connectivity index (χ3n) is 4.77. The van der Waals surface area contributed by atoms with Gasteiger partial charge in [-0.05, 0) is 50.1 Å². The second kappa shape index (κ2) is 10.8. The van der Waals surface area contributed by atoms with E-state index in [1.807, 2.05) is 43.5 Å². The Bertz CT molecular complexity index is 1130. The van der Waals surface area contributed by atoms with Crippen molar-refractivity contribution in [2.45, 2.75) is 39.0 Å². The Morgan fingerprint density at radius 3 is 2.47 bits per heavy atom. The van der Waals surface area contributed by atoms with Crippen molar-refractivity contribution in [3.8, 4) is 0 Å². The maximum absolute atomic E-state index is 12.5. The first kappa shape index (κ1) is 24.1. The predicted octanol–water partition coefficient (Wildman–Crippen LogP) is 4.88. The first-order valence-corrected chi connectivity index (χ1v) is 11.7. The number of carbonyl (C=O) groups is 2. The Morgan fingerprint density at radius 2 is 1.81 bits per heavy atom. The van der Waals surface area contributed by atoms with Gasteiger partial charge in [0.1, 0.15) is 0 Å². The summed E-state index contributed by atoms with van der Waals surface area (Å²) >= 11 is 13.3. The van der Waals surface area contributed by atoms with Gasteiger partial charge in [0.2, 0.25) is 5.91 Å². The van der Waals surface area contributed by atoms with E-state index in [9.17, 15) is 9.59 Å². The number of carbonyl (C=O) groups excluding carboxylic acids is 2. The Hall–Kier alpha value is -2.55. The molecule has 32 heavy (non-hydrogen) atoms. The van der Waals surface area contributed by atoms with Crippen molar-refractivity contribution >= 4 is 52.5 Å². The number of aromatic nitrogens is 3. The molecule has 0 unspecified atom stereocenters. The minimum Gasteiger partial charge on any atom is -0.345 e. The van der Waals surface area contributed by atoms with Crippen LogP contribution >= 0.6 is 35.0 Å². The maximum Gasteiger partial charge on any atom is 0.253 e. The van der Waals surface area contributed by atoms with Crippen LogP contribution in [0.15, 0.2) is 41.6 Å². The van der Waals surface area contributed by atoms with Crippen LogP contribution in [0.3, 0.4) is 0 Å². The number of hydrogen-bond acceptors (Lipinski definition) is 5. The summed E-state index contributed by atoms with van der Waals surface area (Å²) in [7, 11) is 0. The number of para-hydroxylation sites is 1. The summed E-state index contributed by atoms with van der Waals surface area (Å²) < 4.78 is 1.86. The highest BCUT2D eigenvalue weighted by molar-refractivity contribution is 7.99. The molecular weight excluding hydrogens is 469 g/mol. The average molecular weight is 492 g/mol. The molecule has 0 spiro atoms. The summed E-state index contributed by atoms with van der Waals surface area (Å²) in [6, 6.07) is 10.6. The first-order valence-electron chi connectivity index (χ1n) is 9.94. The number of nitrogens with zero attached hydrogens (tertiary/aromatic N) is 3. The number of rotatable bonds is 8. The lowest BCUT2D eigenvalue weighted by atomic mass is 10.1. The number of benzene rings is 2. The van der Waals surface area contributed by atoms with Gasteiger partial charge in [-0.3, -0.25) is 9.59 Å². The molecule has 168 valence electrons. The van der Waals surface area contributed by atoms with E-state index in [2.05, 4.69) is 20.8 Å². The number of halogens is 2. The summed E-state index contributed by atoms with van der Waals surface area (Å²) in [5.41, 5.74) is 3.19. The van der Waals surface area contributed by atoms with Crippen LogP contribution in [0.4, 0.5) is 5.69 Å². The molecule has 3 aromatic rings. The summed E-state index contributed by atoms with van der Waals surface area (Å²) in [6.07, 6.45) is 0. The van der Waals surface area contributed by atoms with Gasteiger partial charge in [-0.15, -0.1) is 10.2 Å². The van der Waals surface area contributed by atoms with Gasteiger partial charge in [0, 0.05) is 17.3 Å². The van der Waals surface area contributed by atoms with E-state index in [1.54, 1.807) is 12.1 Å². The number of anilines is 1. The van der Waals surface area contributed by atoms with Crippen molar-refractivity contribution in [3.63, 3.8) is 0 Å². The number of nitrogens with one attached hydrogen (secondary N) is 2. The minimum atomic E-state index is -0.334. The van der Waals surface area contributed by atoms with E-state index < -0.39 is 0 Å². The lowest BCUT2D eigenvalue weighted by Gasteiger charge is -2.11. The Morgan fingerprint density at radius 1 is 1.09 bits per heavy atom. The van der Waals surface area contributed by atoms with Crippen LogP contribution in [0.5, 0.6) is 0 Å². The molecule has 2 N–H and O–H groups in total. The normalized spacial score (nSPS) is 10.8. The molecule has 0 saturated carbocycles. The molecule has 0 aliphatic rings. The number of amides is 2. The van der Waals surface area contributed by atoms with Gasteiger partial charge in [0.05, 0.1) is 22.9 Å². The van der Waals surface area contributed by atoms with E-state index in [4.69, 9.17) is 23.2 Å². The largest absolute Gasteiger partial charge is 0.345 e. The average Bonchev–Trinajstić information content (AvgIpc) is 3.15. The van der Waals surface area contributed by atoms with Crippen molar-refractivity contribution in [2.75, 3.05) is 11.1 Å². The lowest BCUT2D eigenvalue weighted by Crippen LogP contribution is -2.25. The molecule has 0 saturated heterocycles. The van der Waals surface area contributed by atoms with E-state index in [1.165, 1.54) is 17.8 Å². The molecule has 0 atom stereocenters. The smallest absolute Gasteiger partial charge is 0.253 e. The summed E-state index contributed by atoms with van der Waals surface area (Å²) in [6.45, 7) is 6.64. The first-order chi connectivity index (χ1) is 15.3. The van der Waals surface area contributed by atoms with Crippen LogP contribution in [0.25, 0.3) is 0 Å². The third kappa shape index (κ3) is 5.82. The summed E-state index contributed by atoms with van der Waals surface area (Å²) in [4.78, 5) is 24.9. The zero-order chi connectivity index (χ0) is 23.3. The Labute approximate surface area is 200 Å². The third-order valence-corrected chi connectivity index (χ3v) is 6.28. The molecule has 3 rings (SSSR count). The van der Waals surface area contributed by atoms with Gasteiger partial charge in [-0.2, -0.15) is 0 Å². The topological polar surface area (TPSA) is 88.9 Å². The fraction of sp³-hybridized carbons (Fsp3) is 0.273. The molecule has 0 aliphatic heterocycles. The van der Waals surface area contributed by atoms with E-state index in [0.29, 0.717) is 28.1 Å². The highest BCUT2D eigenvalue weighted by Gasteiger charge is 2.16. The fourth-order valence-corrected chi connectivity index (χ4v) is 4.44. The van der Waals surface area contributed by atoms with Crippen molar-refractivity contribution in [1.82, 2.24) is 20.1 Å². The number of thioether (sulfide) groups is 1. The molecule has 1 aromatic heterocycles. The monoisotopic (exact) mass is 491 g/mol. The van der Waals surface area contributed by atoms with Crippen LogP contribution in [0.1, 0.15) is 34.2 Å². The van der Waals surface area contributed by atoms with Gasteiger partial charge in [0.25, 0.3) is 5.91 Å². The van der Waals surface area contributed by atoms with Gasteiger partial charge in [0.15, 0.2) is 11.0 Å². The zero-order valence-corrected chi connectivity index (χ0v) is 20.2. The molecule has 1 heterocycles. The molecule has 10 heteroatoms. The van der Waals surface area contributed by atoms with Crippen molar-refractivity contribution in [2.24, 2.45) is 0 Å². The number of aryl methyl sites for hydroxylation is 2. The summed E-state index contributed by atoms with van der Waals surface area (Å²) in [5.74, 6) is 0.326. The molecular formula is C22H23Cl2N5O2S. The Kier molecular flexibility index (Phi) is 8.17. The highest BCUT2D eigenvalue weighted by Crippen LogP contribution is 2.23. The SMILES string of the molecule is CCn1c(CNC(=O)c2ccc(Cl)cc2Cl)nnc1SCC(=O)Nc1c(C)cccc1C. The highest BCUT2D eigenvalue weighted by atomic mass is 35.5. The van der Waals surface area contributed by atoms with Crippen LogP contribution in [0.2, 0.25) is 10.0 Å². The molecule has 0 aliphatic carbocycles. The van der Waals surface area contributed by atoms with Crippen LogP contribution in [-0.2, 0) is 17.9 Å². The van der Waals surface area contributed by atoms with Gasteiger partial charge in [-0.25, -0.2) is 0 Å². The van der Waals surface area contributed by atoms with Gasteiger partial charge < -0.3 is 15.2 Å². The van der Waals surface area contributed by atoms with Crippen molar-refractivity contribution in [1.29, 1.82) is 0 Å². The molecule has 0 fully saturated rings. The van der Waals surface area contributed by atoms with Gasteiger partial charge >= 0.3 is 0 Å². The van der Waals surface area contributed by atoms with E-state index in [0.717, 1.165) is 16.8 Å².